The Kier molecular flexibility index (Phi) is 7.10. The summed E-state index contributed by atoms with van der Waals surface area (Å²) >= 11 is 0. The van der Waals surface area contributed by atoms with Crippen LogP contribution in [0.1, 0.15) is 17.7 Å². The van der Waals surface area contributed by atoms with Crippen LogP contribution in [0.4, 0.5) is 5.82 Å². The average Bonchev–Trinajstić information content (AvgIpc) is 2.68. The quantitative estimate of drug-likeness (QED) is 0.355. The first-order chi connectivity index (χ1) is 13.1. The van der Waals surface area contributed by atoms with Crippen LogP contribution in [0.25, 0.3) is 5.70 Å². The van der Waals surface area contributed by atoms with E-state index in [1.807, 2.05) is 6.07 Å². The monoisotopic (exact) mass is 367 g/mol. The molecule has 1 aromatic heterocycles. The number of aromatic nitrogens is 2. The molecule has 0 aliphatic carbocycles. The standard InChI is InChI=1S/C18H21N7O2/c1-26-14-4-2-5-15(27-7-3-6-19)18(14)13(21)8-16(22)25-17-11-23-12(9-20)10-24-17/h2,4-5,8,10-11H,3,6-7,19,21H2,1H3,(H2,22,24,25)/b13-8-. The Morgan fingerprint density at radius 1 is 1.26 bits per heavy atom. The van der Waals surface area contributed by atoms with E-state index in [4.69, 9.17) is 31.9 Å². The van der Waals surface area contributed by atoms with Gasteiger partial charge in [0.05, 0.1) is 31.7 Å². The summed E-state index contributed by atoms with van der Waals surface area (Å²) in [6.07, 6.45) is 4.84. The Morgan fingerprint density at radius 2 is 2.04 bits per heavy atom. The second-order valence-corrected chi connectivity index (χ2v) is 5.33. The molecule has 1 aromatic carbocycles. The molecule has 9 heteroatoms. The summed E-state index contributed by atoms with van der Waals surface area (Å²) in [6, 6.07) is 7.24. The Morgan fingerprint density at radius 3 is 2.67 bits per heavy atom. The molecule has 0 atom stereocenters. The van der Waals surface area contributed by atoms with Gasteiger partial charge >= 0.3 is 0 Å². The van der Waals surface area contributed by atoms with E-state index in [1.54, 1.807) is 25.3 Å². The molecule has 0 radical (unpaired) electrons. The third-order valence-corrected chi connectivity index (χ3v) is 3.40. The highest BCUT2D eigenvalue weighted by molar-refractivity contribution is 5.99. The van der Waals surface area contributed by atoms with Gasteiger partial charge in [0.25, 0.3) is 0 Å². The summed E-state index contributed by atoms with van der Waals surface area (Å²) in [7, 11) is 1.54. The molecule has 140 valence electrons. The lowest BCUT2D eigenvalue weighted by molar-refractivity contribution is 0.309. The second-order valence-electron chi connectivity index (χ2n) is 5.33. The van der Waals surface area contributed by atoms with Crippen molar-refractivity contribution in [3.8, 4) is 17.6 Å². The summed E-state index contributed by atoms with van der Waals surface area (Å²) in [5.41, 5.74) is 18.7. The molecule has 0 bridgehead atoms. The third-order valence-electron chi connectivity index (χ3n) is 3.40. The maximum absolute atomic E-state index is 8.74. The lowest BCUT2D eigenvalue weighted by atomic mass is 10.1. The SMILES string of the molecule is COc1cccc(OCCCN)c1/C(N)=C/C(N)=Nc1cnc(C#N)cn1. The molecular weight excluding hydrogens is 346 g/mol. The fourth-order valence-corrected chi connectivity index (χ4v) is 2.18. The van der Waals surface area contributed by atoms with Crippen LogP contribution in [0.15, 0.2) is 41.7 Å². The van der Waals surface area contributed by atoms with Crippen molar-refractivity contribution >= 4 is 17.4 Å². The molecule has 0 aliphatic heterocycles. The lowest BCUT2D eigenvalue weighted by Gasteiger charge is -2.15. The van der Waals surface area contributed by atoms with E-state index in [2.05, 4.69) is 15.0 Å². The highest BCUT2D eigenvalue weighted by Gasteiger charge is 2.13. The third kappa shape index (κ3) is 5.42. The highest BCUT2D eigenvalue weighted by Crippen LogP contribution is 2.32. The van der Waals surface area contributed by atoms with Gasteiger partial charge in [-0.15, -0.1) is 0 Å². The minimum Gasteiger partial charge on any atom is -0.496 e. The minimum atomic E-state index is 0.116. The van der Waals surface area contributed by atoms with Gasteiger partial charge < -0.3 is 26.7 Å². The van der Waals surface area contributed by atoms with Crippen LogP contribution in [0.3, 0.4) is 0 Å². The molecule has 0 spiro atoms. The zero-order valence-corrected chi connectivity index (χ0v) is 14.9. The predicted molar refractivity (Wildman–Crippen MR) is 102 cm³/mol. The number of benzene rings is 1. The van der Waals surface area contributed by atoms with Crippen molar-refractivity contribution in [2.45, 2.75) is 6.42 Å². The van der Waals surface area contributed by atoms with Gasteiger partial charge in [0, 0.05) is 11.8 Å². The summed E-state index contributed by atoms with van der Waals surface area (Å²) < 4.78 is 11.1. The van der Waals surface area contributed by atoms with Gasteiger partial charge in [-0.1, -0.05) is 6.07 Å². The van der Waals surface area contributed by atoms with E-state index in [0.29, 0.717) is 42.3 Å². The maximum Gasteiger partial charge on any atom is 0.172 e. The molecular formula is C18H21N7O2. The predicted octanol–water partition coefficient (Wildman–Crippen LogP) is 1.07. The fraction of sp³-hybridized carbons (Fsp3) is 0.222. The first-order valence-electron chi connectivity index (χ1n) is 8.12. The summed E-state index contributed by atoms with van der Waals surface area (Å²) in [5, 5.41) is 8.74. The average molecular weight is 367 g/mol. The van der Waals surface area contributed by atoms with Crippen molar-refractivity contribution in [3.05, 3.63) is 47.9 Å². The van der Waals surface area contributed by atoms with Gasteiger partial charge in [-0.3, -0.25) is 0 Å². The molecule has 0 fully saturated rings. The van der Waals surface area contributed by atoms with Gasteiger partial charge in [0.2, 0.25) is 0 Å². The number of nitriles is 1. The largest absolute Gasteiger partial charge is 0.496 e. The van der Waals surface area contributed by atoms with E-state index in [9.17, 15) is 0 Å². The zero-order chi connectivity index (χ0) is 19.6. The second kappa shape index (κ2) is 9.74. The zero-order valence-electron chi connectivity index (χ0n) is 14.9. The first-order valence-corrected chi connectivity index (χ1v) is 8.12. The number of nitrogens with two attached hydrogens (primary N) is 3. The smallest absolute Gasteiger partial charge is 0.172 e. The Labute approximate surface area is 157 Å². The summed E-state index contributed by atoms with van der Waals surface area (Å²) in [6.45, 7) is 0.976. The number of amidine groups is 1. The molecule has 1 heterocycles. The van der Waals surface area contributed by atoms with Crippen LogP contribution in [-0.4, -0.2) is 36.1 Å². The van der Waals surface area contributed by atoms with Crippen LogP contribution in [0, 0.1) is 11.3 Å². The van der Waals surface area contributed by atoms with Crippen molar-refractivity contribution in [2.24, 2.45) is 22.2 Å². The van der Waals surface area contributed by atoms with Gasteiger partial charge in [-0.25, -0.2) is 15.0 Å². The van der Waals surface area contributed by atoms with Crippen LogP contribution in [-0.2, 0) is 0 Å². The van der Waals surface area contributed by atoms with Crippen molar-refractivity contribution < 1.29 is 9.47 Å². The minimum absolute atomic E-state index is 0.116. The van der Waals surface area contributed by atoms with E-state index in [-0.39, 0.29) is 17.3 Å². The van der Waals surface area contributed by atoms with E-state index in [1.165, 1.54) is 18.5 Å². The first kappa shape index (κ1) is 19.7. The molecule has 2 rings (SSSR count). The summed E-state index contributed by atoms with van der Waals surface area (Å²) in [5.74, 6) is 1.47. The number of aliphatic imine (C=N–C) groups is 1. The molecule has 27 heavy (non-hydrogen) atoms. The number of hydrogen-bond acceptors (Lipinski definition) is 8. The number of hydrogen-bond donors (Lipinski definition) is 3. The van der Waals surface area contributed by atoms with Crippen molar-refractivity contribution in [2.75, 3.05) is 20.3 Å². The number of methoxy groups -OCH3 is 1. The Balaban J connectivity index is 2.32. The van der Waals surface area contributed by atoms with Crippen molar-refractivity contribution in [1.82, 2.24) is 9.97 Å². The molecule has 0 saturated carbocycles. The molecule has 0 unspecified atom stereocenters. The van der Waals surface area contributed by atoms with E-state index < -0.39 is 0 Å². The summed E-state index contributed by atoms with van der Waals surface area (Å²) in [4.78, 5) is 12.0. The molecule has 2 aromatic rings. The van der Waals surface area contributed by atoms with Crippen LogP contribution >= 0.6 is 0 Å². The number of rotatable bonds is 8. The topological polar surface area (TPSA) is 158 Å². The van der Waals surface area contributed by atoms with Crippen LogP contribution in [0.5, 0.6) is 11.5 Å². The van der Waals surface area contributed by atoms with Crippen LogP contribution in [0.2, 0.25) is 0 Å². The van der Waals surface area contributed by atoms with Crippen molar-refractivity contribution in [3.63, 3.8) is 0 Å². The Bertz CT molecular complexity index is 870. The number of nitrogens with zero attached hydrogens (tertiary/aromatic N) is 4. The molecule has 0 amide bonds. The van der Waals surface area contributed by atoms with Gasteiger partial charge in [0.15, 0.2) is 11.5 Å². The van der Waals surface area contributed by atoms with Gasteiger partial charge in [0.1, 0.15) is 23.4 Å². The normalized spacial score (nSPS) is 11.7. The van der Waals surface area contributed by atoms with Gasteiger partial charge in [-0.2, -0.15) is 5.26 Å². The van der Waals surface area contributed by atoms with E-state index >= 15 is 0 Å². The molecule has 6 N–H and O–H groups in total. The van der Waals surface area contributed by atoms with E-state index in [0.717, 1.165) is 0 Å². The van der Waals surface area contributed by atoms with Crippen molar-refractivity contribution in [1.29, 1.82) is 5.26 Å². The highest BCUT2D eigenvalue weighted by atomic mass is 16.5. The Hall–Kier alpha value is -3.64. The molecule has 0 saturated heterocycles. The molecule has 0 aliphatic rings. The fourth-order valence-electron chi connectivity index (χ4n) is 2.18. The molecule has 9 nitrogen and oxygen atoms in total. The maximum atomic E-state index is 8.74. The lowest BCUT2D eigenvalue weighted by Crippen LogP contribution is -2.13. The number of ether oxygens (including phenoxy) is 2. The van der Waals surface area contributed by atoms with Crippen LogP contribution < -0.4 is 26.7 Å². The van der Waals surface area contributed by atoms with Gasteiger partial charge in [-0.05, 0) is 25.1 Å².